The van der Waals surface area contributed by atoms with E-state index in [2.05, 4.69) is 40.3 Å². The van der Waals surface area contributed by atoms with Crippen LogP contribution < -0.4 is 15.5 Å². The second-order valence-electron chi connectivity index (χ2n) is 8.61. The fourth-order valence-electron chi connectivity index (χ4n) is 3.97. The maximum absolute atomic E-state index is 13.0. The molecule has 1 aliphatic heterocycles. The minimum atomic E-state index is -0.653. The smallest absolute Gasteiger partial charge is 0.251 e. The van der Waals surface area contributed by atoms with E-state index in [0.29, 0.717) is 10.6 Å². The lowest BCUT2D eigenvalue weighted by Crippen LogP contribution is -2.47. The molecule has 1 atom stereocenters. The molecule has 1 heterocycles. The van der Waals surface area contributed by atoms with Crippen LogP contribution in [0, 0.1) is 12.8 Å². The summed E-state index contributed by atoms with van der Waals surface area (Å²) in [4.78, 5) is 30.4. The first-order chi connectivity index (χ1) is 15.3. The Hall–Kier alpha value is -2.57. The Labute approximate surface area is 195 Å². The first-order valence-electron chi connectivity index (χ1n) is 11.2. The lowest BCUT2D eigenvalue weighted by molar-refractivity contribution is -0.118. The number of hydrogen-bond acceptors (Lipinski definition) is 4. The quantitative estimate of drug-likeness (QED) is 0.655. The van der Waals surface area contributed by atoms with Crippen molar-refractivity contribution >= 4 is 34.8 Å². The maximum atomic E-state index is 13.0. The third kappa shape index (κ3) is 6.02. The molecule has 0 aliphatic carbocycles. The number of anilines is 2. The zero-order chi connectivity index (χ0) is 23.3. The number of benzene rings is 2. The number of nitrogens with one attached hydrogen (secondary N) is 2. The van der Waals surface area contributed by atoms with Crippen molar-refractivity contribution in [1.82, 2.24) is 10.2 Å². The van der Waals surface area contributed by atoms with Crippen molar-refractivity contribution in [3.8, 4) is 0 Å². The van der Waals surface area contributed by atoms with Gasteiger partial charge < -0.3 is 20.4 Å². The zero-order valence-electron chi connectivity index (χ0n) is 19.3. The summed E-state index contributed by atoms with van der Waals surface area (Å²) in [5.41, 5.74) is 3.53. The van der Waals surface area contributed by atoms with Gasteiger partial charge in [-0.1, -0.05) is 32.4 Å². The molecule has 1 unspecified atom stereocenters. The van der Waals surface area contributed by atoms with E-state index in [4.69, 9.17) is 11.6 Å². The maximum Gasteiger partial charge on any atom is 0.251 e. The van der Waals surface area contributed by atoms with E-state index in [1.165, 1.54) is 5.69 Å². The Morgan fingerprint density at radius 1 is 1.03 bits per heavy atom. The summed E-state index contributed by atoms with van der Waals surface area (Å²) in [6.45, 7) is 13.3. The van der Waals surface area contributed by atoms with Gasteiger partial charge in [-0.15, -0.1) is 0 Å². The number of amides is 2. The van der Waals surface area contributed by atoms with Gasteiger partial charge in [0.1, 0.15) is 6.04 Å². The van der Waals surface area contributed by atoms with Crippen LogP contribution in [0.5, 0.6) is 0 Å². The summed E-state index contributed by atoms with van der Waals surface area (Å²) in [5, 5.41) is 6.39. The van der Waals surface area contributed by atoms with Crippen LogP contribution in [0.1, 0.15) is 36.7 Å². The molecule has 6 nitrogen and oxygen atoms in total. The molecule has 0 radical (unpaired) electrons. The number of aryl methyl sites for hydroxylation is 1. The van der Waals surface area contributed by atoms with E-state index in [0.717, 1.165) is 44.0 Å². The van der Waals surface area contributed by atoms with Crippen LogP contribution >= 0.6 is 11.6 Å². The minimum absolute atomic E-state index is 0.0681. The molecule has 1 aliphatic rings. The van der Waals surface area contributed by atoms with E-state index < -0.39 is 6.04 Å². The highest BCUT2D eigenvalue weighted by Gasteiger charge is 2.25. The van der Waals surface area contributed by atoms with Crippen LogP contribution in [0.3, 0.4) is 0 Å². The van der Waals surface area contributed by atoms with Crippen molar-refractivity contribution < 1.29 is 9.59 Å². The first-order valence-corrected chi connectivity index (χ1v) is 11.6. The number of rotatable bonds is 7. The third-order valence-electron chi connectivity index (χ3n) is 5.97. The Balaban J connectivity index is 1.65. The summed E-state index contributed by atoms with van der Waals surface area (Å²) in [7, 11) is 0. The minimum Gasteiger partial charge on any atom is -0.369 e. The van der Waals surface area contributed by atoms with Crippen molar-refractivity contribution in [1.29, 1.82) is 0 Å². The molecule has 2 aromatic carbocycles. The third-order valence-corrected chi connectivity index (χ3v) is 6.22. The molecule has 172 valence electrons. The average Bonchev–Trinajstić information content (AvgIpc) is 2.77. The molecule has 2 amide bonds. The Bertz CT molecular complexity index is 937. The Morgan fingerprint density at radius 3 is 2.25 bits per heavy atom. The number of hydrogen-bond donors (Lipinski definition) is 2. The van der Waals surface area contributed by atoms with Crippen LogP contribution in [0.25, 0.3) is 0 Å². The normalized spacial score (nSPS) is 15.5. The molecule has 1 saturated heterocycles. The van der Waals surface area contributed by atoms with Gasteiger partial charge in [0.15, 0.2) is 0 Å². The predicted octanol–water partition coefficient (Wildman–Crippen LogP) is 4.18. The highest BCUT2D eigenvalue weighted by atomic mass is 35.5. The number of likely N-dealkylation sites (N-methyl/N-ethyl adjacent to an activating group) is 1. The van der Waals surface area contributed by atoms with Crippen LogP contribution in [-0.2, 0) is 4.79 Å². The highest BCUT2D eigenvalue weighted by Crippen LogP contribution is 2.25. The van der Waals surface area contributed by atoms with Crippen molar-refractivity contribution in [2.75, 3.05) is 42.9 Å². The summed E-state index contributed by atoms with van der Waals surface area (Å²) in [5.74, 6) is -0.597. The fraction of sp³-hybridized carbons (Fsp3) is 0.440. The van der Waals surface area contributed by atoms with Gasteiger partial charge in [0.2, 0.25) is 5.91 Å². The number of nitrogens with zero attached hydrogens (tertiary/aromatic N) is 2. The van der Waals surface area contributed by atoms with E-state index in [1.807, 2.05) is 26.0 Å². The molecule has 32 heavy (non-hydrogen) atoms. The van der Waals surface area contributed by atoms with Crippen molar-refractivity contribution in [3.05, 3.63) is 58.6 Å². The number of halogens is 1. The van der Waals surface area contributed by atoms with E-state index in [1.54, 1.807) is 24.3 Å². The number of piperazine rings is 1. The Morgan fingerprint density at radius 2 is 1.69 bits per heavy atom. The zero-order valence-corrected chi connectivity index (χ0v) is 20.1. The van der Waals surface area contributed by atoms with E-state index >= 15 is 0 Å². The molecule has 0 bridgehead atoms. The van der Waals surface area contributed by atoms with Crippen molar-refractivity contribution in [2.45, 2.75) is 33.7 Å². The first kappa shape index (κ1) is 24.1. The van der Waals surface area contributed by atoms with Gasteiger partial charge in [-0.05, 0) is 67.4 Å². The number of carbonyl (C=O) groups excluding carboxylic acids is 2. The topological polar surface area (TPSA) is 64.7 Å². The van der Waals surface area contributed by atoms with E-state index in [-0.39, 0.29) is 17.7 Å². The number of carbonyl (C=O) groups is 2. The van der Waals surface area contributed by atoms with Gasteiger partial charge >= 0.3 is 0 Å². The van der Waals surface area contributed by atoms with Crippen LogP contribution in [0.4, 0.5) is 11.4 Å². The second kappa shape index (κ2) is 10.8. The molecule has 2 N–H and O–H groups in total. The van der Waals surface area contributed by atoms with Crippen molar-refractivity contribution in [3.63, 3.8) is 0 Å². The molecule has 7 heteroatoms. The summed E-state index contributed by atoms with van der Waals surface area (Å²) >= 11 is 5.90. The average molecular weight is 457 g/mol. The summed E-state index contributed by atoms with van der Waals surface area (Å²) in [6, 6.07) is 12.0. The SMILES string of the molecule is CCN1CCN(c2ccc(NC(=O)C(NC(=O)c3ccc(Cl)cc3)C(C)C)cc2C)CC1. The van der Waals surface area contributed by atoms with E-state index in [9.17, 15) is 9.59 Å². The molecule has 0 saturated carbocycles. The summed E-state index contributed by atoms with van der Waals surface area (Å²) < 4.78 is 0. The van der Waals surface area contributed by atoms with Gasteiger partial charge in [-0.3, -0.25) is 9.59 Å². The predicted molar refractivity (Wildman–Crippen MR) is 132 cm³/mol. The van der Waals surface area contributed by atoms with Crippen molar-refractivity contribution in [2.24, 2.45) is 5.92 Å². The molecule has 2 aromatic rings. The fourth-order valence-corrected chi connectivity index (χ4v) is 4.10. The molecule has 0 aromatic heterocycles. The highest BCUT2D eigenvalue weighted by molar-refractivity contribution is 6.30. The summed E-state index contributed by atoms with van der Waals surface area (Å²) in [6.07, 6.45) is 0. The monoisotopic (exact) mass is 456 g/mol. The van der Waals surface area contributed by atoms with Gasteiger partial charge in [0.25, 0.3) is 5.91 Å². The second-order valence-corrected chi connectivity index (χ2v) is 9.05. The molecule has 0 spiro atoms. The van der Waals surface area contributed by atoms with Gasteiger partial charge in [0.05, 0.1) is 0 Å². The van der Waals surface area contributed by atoms with Gasteiger partial charge in [-0.25, -0.2) is 0 Å². The lowest BCUT2D eigenvalue weighted by Gasteiger charge is -2.36. The van der Waals surface area contributed by atoms with Gasteiger partial charge in [0, 0.05) is 48.1 Å². The van der Waals surface area contributed by atoms with Crippen LogP contribution in [0.2, 0.25) is 5.02 Å². The molecule has 1 fully saturated rings. The standard InChI is InChI=1S/C25H33ClN4O2/c1-5-29-12-14-30(15-13-29)22-11-10-21(16-18(22)4)27-25(32)23(17(2)3)28-24(31)19-6-8-20(26)9-7-19/h6-11,16-17,23H,5,12-15H2,1-4H3,(H,27,32)(H,28,31). The van der Waals surface area contributed by atoms with Crippen LogP contribution in [0.15, 0.2) is 42.5 Å². The molecule has 3 rings (SSSR count). The van der Waals surface area contributed by atoms with Crippen LogP contribution in [-0.4, -0.2) is 55.5 Å². The Kier molecular flexibility index (Phi) is 8.15. The molecular formula is C25H33ClN4O2. The largest absolute Gasteiger partial charge is 0.369 e. The van der Waals surface area contributed by atoms with Gasteiger partial charge in [-0.2, -0.15) is 0 Å². The lowest BCUT2D eigenvalue weighted by atomic mass is 10.0. The molecular weight excluding hydrogens is 424 g/mol.